The summed E-state index contributed by atoms with van der Waals surface area (Å²) in [6.07, 6.45) is 2.47. The Morgan fingerprint density at radius 2 is 1.42 bits per heavy atom. The van der Waals surface area contributed by atoms with Crippen molar-refractivity contribution in [2.45, 2.75) is 61.5 Å². The fourth-order valence-corrected chi connectivity index (χ4v) is 8.52. The molecule has 4 aliphatic heterocycles. The van der Waals surface area contributed by atoms with Gasteiger partial charge in [-0.1, -0.05) is 84.9 Å². The highest BCUT2D eigenvalue weighted by Crippen LogP contribution is 2.48. The molecule has 0 radical (unpaired) electrons. The number of likely N-dealkylation sites (N-methyl/N-ethyl adjacent to an activating group) is 1. The second-order valence-corrected chi connectivity index (χ2v) is 14.9. The second kappa shape index (κ2) is 13.8. The summed E-state index contributed by atoms with van der Waals surface area (Å²) in [5.74, 6) is 1.90. The van der Waals surface area contributed by atoms with Crippen LogP contribution in [0.15, 0.2) is 108 Å². The third-order valence-electron chi connectivity index (χ3n) is 10.3. The van der Waals surface area contributed by atoms with Crippen molar-refractivity contribution in [1.82, 2.24) is 10.2 Å². The van der Waals surface area contributed by atoms with E-state index < -0.39 is 15.5 Å². The van der Waals surface area contributed by atoms with Gasteiger partial charge >= 0.3 is 0 Å². The van der Waals surface area contributed by atoms with E-state index in [4.69, 9.17) is 9.29 Å². The number of carbonyl (C=O) groups is 1. The molecule has 2 N–H and O–H groups in total. The topological polar surface area (TPSA) is 99.2 Å². The first kappa shape index (κ1) is 33.9. The highest BCUT2D eigenvalue weighted by molar-refractivity contribution is 7.85. The number of amides is 1. The molecule has 3 fully saturated rings. The van der Waals surface area contributed by atoms with Crippen LogP contribution in [0.2, 0.25) is 0 Å². The lowest BCUT2D eigenvalue weighted by Gasteiger charge is -2.54. The standard InChI is InChI=1S/C33H39N3O2.C6H6O3S/c1-33(2)28-26(35(3)32(33)37)16-15-25(31(28)38-4)21-34-29-24-17-19-36(20-18-24)30(29)27(22-11-7-5-8-12-22)23-13-9-6-10-14-23;7-10(8,9)6-4-2-1-3-5-6/h5-16,24,27,29-30,34H,17-21H2,1-4H3;1-5H,(H,7,8,9)/t29-,30-;/m0./s1. The van der Waals surface area contributed by atoms with Crippen molar-refractivity contribution < 1.29 is 22.5 Å². The van der Waals surface area contributed by atoms with E-state index in [1.165, 1.54) is 36.1 Å². The van der Waals surface area contributed by atoms with Crippen LogP contribution in [0.25, 0.3) is 0 Å². The van der Waals surface area contributed by atoms with Crippen LogP contribution in [-0.2, 0) is 26.9 Å². The lowest BCUT2D eigenvalue weighted by atomic mass is 9.70. The van der Waals surface area contributed by atoms with E-state index in [9.17, 15) is 13.2 Å². The number of benzene rings is 4. The van der Waals surface area contributed by atoms with Crippen molar-refractivity contribution >= 4 is 21.7 Å². The first-order valence-electron chi connectivity index (χ1n) is 16.6. The lowest BCUT2D eigenvalue weighted by Crippen LogP contribution is -2.64. The molecule has 2 bridgehead atoms. The average Bonchev–Trinajstić information content (AvgIpc) is 3.28. The van der Waals surface area contributed by atoms with Crippen LogP contribution < -0.4 is 15.0 Å². The molecule has 8 rings (SSSR count). The summed E-state index contributed by atoms with van der Waals surface area (Å²) < 4.78 is 35.2. The monoisotopic (exact) mass is 667 g/mol. The van der Waals surface area contributed by atoms with Gasteiger partial charge in [-0.25, -0.2) is 0 Å². The largest absolute Gasteiger partial charge is 0.496 e. The highest BCUT2D eigenvalue weighted by Gasteiger charge is 2.47. The van der Waals surface area contributed by atoms with Crippen LogP contribution >= 0.6 is 0 Å². The number of nitrogens with one attached hydrogen (secondary N) is 1. The molecular weight excluding hydrogens is 623 g/mol. The van der Waals surface area contributed by atoms with Gasteiger partial charge in [-0.05, 0) is 75.0 Å². The van der Waals surface area contributed by atoms with E-state index >= 15 is 0 Å². The number of rotatable bonds is 8. The molecular formula is C39H45N3O5S. The van der Waals surface area contributed by atoms with Gasteiger partial charge in [0.05, 0.1) is 23.1 Å². The minimum atomic E-state index is -4.00. The molecule has 4 aromatic rings. The molecule has 0 unspecified atom stereocenters. The van der Waals surface area contributed by atoms with Crippen LogP contribution in [0, 0.1) is 5.92 Å². The third-order valence-corrected chi connectivity index (χ3v) is 11.2. The van der Waals surface area contributed by atoms with Gasteiger partial charge in [-0.3, -0.25) is 14.2 Å². The van der Waals surface area contributed by atoms with Crippen LogP contribution in [-0.4, -0.2) is 63.1 Å². The number of nitrogens with zero attached hydrogens (tertiary/aromatic N) is 2. The number of methoxy groups -OCH3 is 1. The fraction of sp³-hybridized carbons (Fsp3) is 0.359. The quantitative estimate of drug-likeness (QED) is 0.214. The molecule has 8 nitrogen and oxygen atoms in total. The third kappa shape index (κ3) is 6.52. The van der Waals surface area contributed by atoms with Gasteiger partial charge in [0.15, 0.2) is 0 Å². The number of carbonyl (C=O) groups excluding carboxylic acids is 1. The Labute approximate surface area is 284 Å². The molecule has 0 saturated carbocycles. The van der Waals surface area contributed by atoms with E-state index in [1.54, 1.807) is 30.2 Å². The van der Waals surface area contributed by atoms with E-state index in [-0.39, 0.29) is 10.8 Å². The van der Waals surface area contributed by atoms with Gasteiger partial charge in [0.25, 0.3) is 10.1 Å². The SMILES string of the molecule is COc1c(CN[C@H]2C3CCN(CC3)[C@H]2C(c2ccccc2)c2ccccc2)ccc2c1C(C)(C)C(=O)N2C.O=S(=O)(O)c1ccccc1. The smallest absolute Gasteiger partial charge is 0.294 e. The molecule has 0 aromatic heterocycles. The molecule has 9 heteroatoms. The number of hydrogen-bond donors (Lipinski definition) is 2. The molecule has 1 amide bonds. The zero-order valence-corrected chi connectivity index (χ0v) is 28.9. The van der Waals surface area contributed by atoms with Crippen LogP contribution in [0.5, 0.6) is 5.75 Å². The Morgan fingerprint density at radius 3 is 1.92 bits per heavy atom. The van der Waals surface area contributed by atoms with Crippen molar-refractivity contribution in [3.63, 3.8) is 0 Å². The first-order chi connectivity index (χ1) is 23.0. The van der Waals surface area contributed by atoms with Gasteiger partial charge in [0.1, 0.15) is 5.75 Å². The summed E-state index contributed by atoms with van der Waals surface area (Å²) in [5, 5.41) is 4.03. The summed E-state index contributed by atoms with van der Waals surface area (Å²) in [6, 6.07) is 34.4. The second-order valence-electron chi connectivity index (χ2n) is 13.5. The molecule has 3 saturated heterocycles. The minimum absolute atomic E-state index is 0.0741. The molecule has 2 atom stereocenters. The van der Waals surface area contributed by atoms with E-state index in [0.717, 1.165) is 35.7 Å². The Morgan fingerprint density at radius 1 is 0.875 bits per heavy atom. The van der Waals surface area contributed by atoms with Crippen molar-refractivity contribution in [2.24, 2.45) is 5.92 Å². The minimum Gasteiger partial charge on any atom is -0.496 e. The predicted octanol–water partition coefficient (Wildman–Crippen LogP) is 6.27. The van der Waals surface area contributed by atoms with Crippen LogP contribution in [0.1, 0.15) is 54.9 Å². The summed E-state index contributed by atoms with van der Waals surface area (Å²) in [4.78, 5) is 17.4. The average molecular weight is 668 g/mol. The maximum absolute atomic E-state index is 13.0. The number of ether oxygens (including phenoxy) is 1. The summed E-state index contributed by atoms with van der Waals surface area (Å²) >= 11 is 0. The zero-order valence-electron chi connectivity index (χ0n) is 28.0. The summed E-state index contributed by atoms with van der Waals surface area (Å²) in [7, 11) is -0.411. The Bertz CT molecular complexity index is 1790. The van der Waals surface area contributed by atoms with Crippen molar-refractivity contribution in [1.29, 1.82) is 0 Å². The molecule has 4 aliphatic rings. The summed E-state index contributed by atoms with van der Waals surface area (Å²) in [5.41, 5.74) is 5.23. The van der Waals surface area contributed by atoms with E-state index in [0.29, 0.717) is 30.5 Å². The van der Waals surface area contributed by atoms with Gasteiger partial charge in [-0.15, -0.1) is 0 Å². The molecule has 0 aliphatic carbocycles. The van der Waals surface area contributed by atoms with E-state index in [2.05, 4.69) is 83.0 Å². The molecule has 252 valence electrons. The van der Waals surface area contributed by atoms with Gasteiger partial charge in [0, 0.05) is 42.7 Å². The van der Waals surface area contributed by atoms with Crippen LogP contribution in [0.4, 0.5) is 5.69 Å². The lowest BCUT2D eigenvalue weighted by molar-refractivity contribution is -0.121. The van der Waals surface area contributed by atoms with Gasteiger partial charge < -0.3 is 15.0 Å². The Hall–Kier alpha value is -4.02. The van der Waals surface area contributed by atoms with Crippen molar-refractivity contribution in [3.8, 4) is 5.75 Å². The van der Waals surface area contributed by atoms with Gasteiger partial charge in [-0.2, -0.15) is 8.42 Å². The van der Waals surface area contributed by atoms with Gasteiger partial charge in [0.2, 0.25) is 5.91 Å². The summed E-state index contributed by atoms with van der Waals surface area (Å²) in [6.45, 7) is 7.05. The fourth-order valence-electron chi connectivity index (χ4n) is 8.02. The number of fused-ring (bicyclic) bond motifs is 4. The maximum atomic E-state index is 13.0. The first-order valence-corrected chi connectivity index (χ1v) is 18.0. The number of hydrogen-bond acceptors (Lipinski definition) is 6. The van der Waals surface area contributed by atoms with E-state index in [1.807, 2.05) is 20.9 Å². The molecule has 4 aromatic carbocycles. The Balaban J connectivity index is 0.000000345. The molecule has 0 spiro atoms. The van der Waals surface area contributed by atoms with Crippen molar-refractivity contribution in [3.05, 3.63) is 125 Å². The molecule has 4 heterocycles. The molecule has 48 heavy (non-hydrogen) atoms. The normalized spacial score (nSPS) is 22.6. The number of piperidine rings is 3. The zero-order chi connectivity index (χ0) is 34.1. The number of anilines is 1. The van der Waals surface area contributed by atoms with Crippen LogP contribution in [0.3, 0.4) is 0 Å². The maximum Gasteiger partial charge on any atom is 0.294 e. The Kier molecular flexibility index (Phi) is 9.76. The predicted molar refractivity (Wildman–Crippen MR) is 189 cm³/mol. The van der Waals surface area contributed by atoms with Crippen molar-refractivity contribution in [2.75, 3.05) is 32.1 Å². The highest BCUT2D eigenvalue weighted by atomic mass is 32.2.